The number of para-hydroxylation sites is 1. The predicted molar refractivity (Wildman–Crippen MR) is 64.3 cm³/mol. The first kappa shape index (κ1) is 9.56. The summed E-state index contributed by atoms with van der Waals surface area (Å²) in [5.74, 6) is 0. The van der Waals surface area contributed by atoms with Crippen molar-refractivity contribution in [2.75, 3.05) is 12.4 Å². The largest absolute Gasteiger partial charge is 0.388 e. The molecule has 1 nitrogen and oxygen atoms in total. The lowest BCUT2D eigenvalue weighted by Gasteiger charge is -2.05. The van der Waals surface area contributed by atoms with Crippen LogP contribution in [0.25, 0.3) is 10.4 Å². The molecular weight excluding hydrogens is 214 g/mol. The molecule has 0 atom stereocenters. The van der Waals surface area contributed by atoms with E-state index in [0.717, 1.165) is 10.0 Å². The van der Waals surface area contributed by atoms with Crippen LogP contribution in [-0.2, 0) is 0 Å². The fraction of sp³-hybridized carbons (Fsp3) is 0.0909. The number of thiophene rings is 1. The molecule has 1 aromatic carbocycles. The second kappa shape index (κ2) is 4.03. The van der Waals surface area contributed by atoms with Crippen molar-refractivity contribution in [1.82, 2.24) is 0 Å². The van der Waals surface area contributed by atoms with Crippen molar-refractivity contribution in [3.8, 4) is 10.4 Å². The summed E-state index contributed by atoms with van der Waals surface area (Å²) in [5.41, 5.74) is 2.33. The molecule has 0 fully saturated rings. The van der Waals surface area contributed by atoms with Gasteiger partial charge in [-0.2, -0.15) is 0 Å². The Labute approximate surface area is 92.3 Å². The van der Waals surface area contributed by atoms with Crippen LogP contribution in [0, 0.1) is 0 Å². The third kappa shape index (κ3) is 1.76. The zero-order valence-corrected chi connectivity index (χ0v) is 9.32. The minimum atomic E-state index is 0.825. The van der Waals surface area contributed by atoms with Crippen LogP contribution in [-0.4, -0.2) is 7.05 Å². The Morgan fingerprint density at radius 1 is 1.14 bits per heavy atom. The van der Waals surface area contributed by atoms with Gasteiger partial charge in [-0.1, -0.05) is 29.8 Å². The molecule has 1 aromatic heterocycles. The first-order valence-electron chi connectivity index (χ1n) is 4.34. The minimum Gasteiger partial charge on any atom is -0.388 e. The van der Waals surface area contributed by atoms with E-state index in [0.29, 0.717) is 0 Å². The van der Waals surface area contributed by atoms with Crippen molar-refractivity contribution in [2.24, 2.45) is 0 Å². The van der Waals surface area contributed by atoms with E-state index < -0.39 is 0 Å². The second-order valence-electron chi connectivity index (χ2n) is 2.90. The van der Waals surface area contributed by atoms with Gasteiger partial charge in [-0.3, -0.25) is 0 Å². The molecule has 0 radical (unpaired) electrons. The van der Waals surface area contributed by atoms with E-state index in [-0.39, 0.29) is 0 Å². The molecule has 0 amide bonds. The summed E-state index contributed by atoms with van der Waals surface area (Å²) in [6.45, 7) is 0. The molecule has 0 unspecified atom stereocenters. The molecule has 2 rings (SSSR count). The standard InChI is InChI=1S/C11H10ClNS/c1-13-9-5-3-2-4-8(9)10-6-7-11(12)14-10/h2-7,13H,1H3. The summed E-state index contributed by atoms with van der Waals surface area (Å²) < 4.78 is 0.825. The monoisotopic (exact) mass is 223 g/mol. The maximum Gasteiger partial charge on any atom is 0.0934 e. The van der Waals surface area contributed by atoms with Crippen molar-refractivity contribution in [3.05, 3.63) is 40.7 Å². The number of hydrogen-bond acceptors (Lipinski definition) is 2. The van der Waals surface area contributed by atoms with Crippen molar-refractivity contribution < 1.29 is 0 Å². The van der Waals surface area contributed by atoms with E-state index in [4.69, 9.17) is 11.6 Å². The van der Waals surface area contributed by atoms with E-state index in [1.54, 1.807) is 11.3 Å². The van der Waals surface area contributed by atoms with Crippen LogP contribution < -0.4 is 5.32 Å². The average Bonchev–Trinajstić information content (AvgIpc) is 2.65. The Bertz CT molecular complexity index is 436. The number of halogens is 1. The van der Waals surface area contributed by atoms with Crippen LogP contribution in [0.3, 0.4) is 0 Å². The quantitative estimate of drug-likeness (QED) is 0.808. The van der Waals surface area contributed by atoms with Gasteiger partial charge in [0.2, 0.25) is 0 Å². The summed E-state index contributed by atoms with van der Waals surface area (Å²) >= 11 is 7.50. The molecule has 0 aliphatic heterocycles. The zero-order valence-electron chi connectivity index (χ0n) is 7.75. The van der Waals surface area contributed by atoms with Gasteiger partial charge in [0.1, 0.15) is 0 Å². The third-order valence-electron chi connectivity index (χ3n) is 2.04. The molecule has 0 saturated heterocycles. The van der Waals surface area contributed by atoms with E-state index in [2.05, 4.69) is 17.4 Å². The molecule has 0 spiro atoms. The number of hydrogen-bond donors (Lipinski definition) is 1. The Hall–Kier alpha value is -0.990. The summed E-state index contributed by atoms with van der Waals surface area (Å²) in [4.78, 5) is 1.19. The first-order valence-corrected chi connectivity index (χ1v) is 5.53. The van der Waals surface area contributed by atoms with Gasteiger partial charge in [-0.25, -0.2) is 0 Å². The molecule has 72 valence electrons. The van der Waals surface area contributed by atoms with Gasteiger partial charge in [0.15, 0.2) is 0 Å². The second-order valence-corrected chi connectivity index (χ2v) is 4.61. The van der Waals surface area contributed by atoms with E-state index in [1.165, 1.54) is 10.4 Å². The number of nitrogens with one attached hydrogen (secondary N) is 1. The molecule has 3 heteroatoms. The van der Waals surface area contributed by atoms with Crippen molar-refractivity contribution >= 4 is 28.6 Å². The van der Waals surface area contributed by atoms with Crippen molar-refractivity contribution in [1.29, 1.82) is 0 Å². The highest BCUT2D eigenvalue weighted by molar-refractivity contribution is 7.19. The Kier molecular flexibility index (Phi) is 2.75. The topological polar surface area (TPSA) is 12.0 Å². The van der Waals surface area contributed by atoms with Crippen LogP contribution in [0.1, 0.15) is 0 Å². The van der Waals surface area contributed by atoms with Crippen LogP contribution in [0.2, 0.25) is 4.34 Å². The van der Waals surface area contributed by atoms with Crippen molar-refractivity contribution in [3.63, 3.8) is 0 Å². The summed E-state index contributed by atoms with van der Waals surface area (Å²) in [6, 6.07) is 12.2. The van der Waals surface area contributed by atoms with Crippen LogP contribution in [0.4, 0.5) is 5.69 Å². The first-order chi connectivity index (χ1) is 6.81. The molecular formula is C11H10ClNS. The summed E-state index contributed by atoms with van der Waals surface area (Å²) in [5, 5.41) is 3.17. The Balaban J connectivity index is 2.50. The number of rotatable bonds is 2. The van der Waals surface area contributed by atoms with Gasteiger partial charge in [0, 0.05) is 23.2 Å². The zero-order chi connectivity index (χ0) is 9.97. The van der Waals surface area contributed by atoms with Crippen LogP contribution in [0.5, 0.6) is 0 Å². The van der Waals surface area contributed by atoms with E-state index in [1.807, 2.05) is 31.3 Å². The van der Waals surface area contributed by atoms with Gasteiger partial charge in [-0.15, -0.1) is 11.3 Å². The van der Waals surface area contributed by atoms with Crippen LogP contribution in [0.15, 0.2) is 36.4 Å². The third-order valence-corrected chi connectivity index (χ3v) is 3.30. The smallest absolute Gasteiger partial charge is 0.0934 e. The van der Waals surface area contributed by atoms with Gasteiger partial charge >= 0.3 is 0 Å². The lowest BCUT2D eigenvalue weighted by molar-refractivity contribution is 1.51. The molecule has 2 aromatic rings. The van der Waals surface area contributed by atoms with Gasteiger partial charge in [-0.05, 0) is 18.2 Å². The highest BCUT2D eigenvalue weighted by Crippen LogP contribution is 2.34. The molecule has 0 aliphatic rings. The fourth-order valence-electron chi connectivity index (χ4n) is 1.38. The van der Waals surface area contributed by atoms with Gasteiger partial charge < -0.3 is 5.32 Å². The Morgan fingerprint density at radius 3 is 2.57 bits per heavy atom. The summed E-state index contributed by atoms with van der Waals surface area (Å²) in [7, 11) is 1.92. The minimum absolute atomic E-state index is 0.825. The average molecular weight is 224 g/mol. The summed E-state index contributed by atoms with van der Waals surface area (Å²) in [6.07, 6.45) is 0. The fourth-order valence-corrected chi connectivity index (χ4v) is 2.46. The maximum absolute atomic E-state index is 5.90. The Morgan fingerprint density at radius 2 is 1.93 bits per heavy atom. The highest BCUT2D eigenvalue weighted by Gasteiger charge is 2.04. The predicted octanol–water partition coefficient (Wildman–Crippen LogP) is 4.11. The molecule has 0 saturated carbocycles. The van der Waals surface area contributed by atoms with E-state index in [9.17, 15) is 0 Å². The maximum atomic E-state index is 5.90. The van der Waals surface area contributed by atoms with Crippen LogP contribution >= 0.6 is 22.9 Å². The molecule has 1 heterocycles. The SMILES string of the molecule is CNc1ccccc1-c1ccc(Cl)s1. The lowest BCUT2D eigenvalue weighted by atomic mass is 10.1. The number of benzene rings is 1. The molecule has 0 aliphatic carbocycles. The molecule has 0 bridgehead atoms. The molecule has 14 heavy (non-hydrogen) atoms. The highest BCUT2D eigenvalue weighted by atomic mass is 35.5. The molecule has 1 N–H and O–H groups in total. The number of anilines is 1. The normalized spacial score (nSPS) is 10.1. The van der Waals surface area contributed by atoms with Gasteiger partial charge in [0.05, 0.1) is 4.34 Å². The lowest BCUT2D eigenvalue weighted by Crippen LogP contribution is -1.89. The van der Waals surface area contributed by atoms with Crippen molar-refractivity contribution in [2.45, 2.75) is 0 Å². The van der Waals surface area contributed by atoms with E-state index >= 15 is 0 Å². The van der Waals surface area contributed by atoms with Gasteiger partial charge in [0.25, 0.3) is 0 Å².